The zero-order valence-electron chi connectivity index (χ0n) is 14.7. The summed E-state index contributed by atoms with van der Waals surface area (Å²) in [5, 5.41) is 12.8. The van der Waals surface area contributed by atoms with Crippen LogP contribution < -0.4 is 5.32 Å². The molecule has 0 aromatic heterocycles. The highest BCUT2D eigenvalue weighted by molar-refractivity contribution is 8.03. The molecule has 1 N–H and O–H groups in total. The summed E-state index contributed by atoms with van der Waals surface area (Å²) in [6.07, 6.45) is 0.976. The summed E-state index contributed by atoms with van der Waals surface area (Å²) in [5.41, 5.74) is 2.63. The van der Waals surface area contributed by atoms with Crippen molar-refractivity contribution < 1.29 is 14.3 Å². The Bertz CT molecular complexity index is 717. The predicted molar refractivity (Wildman–Crippen MR) is 97.6 cm³/mol. The first-order valence-corrected chi connectivity index (χ1v) is 9.28. The largest absolute Gasteiger partial charge is 0.462 e. The third-order valence-corrected chi connectivity index (χ3v) is 4.84. The Hall–Kier alpha value is -2.26. The third kappa shape index (κ3) is 5.10. The van der Waals surface area contributed by atoms with Crippen LogP contribution in [0.3, 0.4) is 0 Å². The average molecular weight is 358 g/mol. The molecular weight excluding hydrogens is 336 g/mol. The minimum absolute atomic E-state index is 0.0560. The molecule has 0 unspecified atom stereocenters. The molecule has 1 aromatic rings. The Balaban J connectivity index is 2.22. The highest BCUT2D eigenvalue weighted by Crippen LogP contribution is 2.36. The molecule has 0 spiro atoms. The van der Waals surface area contributed by atoms with E-state index >= 15 is 0 Å². The van der Waals surface area contributed by atoms with Gasteiger partial charge in [0, 0.05) is 12.3 Å². The molecule has 132 valence electrons. The van der Waals surface area contributed by atoms with Gasteiger partial charge in [-0.1, -0.05) is 43.0 Å². The molecule has 1 aliphatic heterocycles. The van der Waals surface area contributed by atoms with Crippen LogP contribution in [0.1, 0.15) is 44.2 Å². The predicted octanol–water partition coefficient (Wildman–Crippen LogP) is 3.27. The zero-order valence-corrected chi connectivity index (χ0v) is 15.5. The highest BCUT2D eigenvalue weighted by Gasteiger charge is 2.30. The lowest BCUT2D eigenvalue weighted by Crippen LogP contribution is -2.31. The first-order valence-electron chi connectivity index (χ1n) is 8.29. The molecular formula is C19H22N2O3S. The molecule has 0 radical (unpaired) electrons. The number of hydrogen-bond acceptors (Lipinski definition) is 5. The summed E-state index contributed by atoms with van der Waals surface area (Å²) in [6.45, 7) is 5.64. The number of benzene rings is 1. The molecule has 25 heavy (non-hydrogen) atoms. The maximum atomic E-state index is 12.1. The van der Waals surface area contributed by atoms with Crippen LogP contribution in [-0.2, 0) is 20.7 Å². The van der Waals surface area contributed by atoms with E-state index in [1.165, 1.54) is 5.56 Å². The van der Waals surface area contributed by atoms with E-state index in [2.05, 4.69) is 18.3 Å². The van der Waals surface area contributed by atoms with Crippen LogP contribution in [0.25, 0.3) is 0 Å². The second-order valence-electron chi connectivity index (χ2n) is 6.08. The second kappa shape index (κ2) is 8.72. The molecule has 5 nitrogen and oxygen atoms in total. The number of esters is 1. The number of ether oxygens (including phenoxy) is 1. The van der Waals surface area contributed by atoms with E-state index in [1.54, 1.807) is 13.8 Å². The standard InChI is InChI=1S/C19H22N2O3S/c1-4-13-5-7-14(8-6-13)15-9-17(22)21-19(16(15)10-20)25-11-18(23)24-12(2)3/h5-8,12,15H,4,9,11H2,1-3H3,(H,21,22)/t15-/m0/s1. The second-order valence-corrected chi connectivity index (χ2v) is 7.07. The Morgan fingerprint density at radius 3 is 2.64 bits per heavy atom. The smallest absolute Gasteiger partial charge is 0.316 e. The van der Waals surface area contributed by atoms with Crippen molar-refractivity contribution in [3.05, 3.63) is 46.0 Å². The van der Waals surface area contributed by atoms with Crippen molar-refractivity contribution in [1.29, 1.82) is 5.26 Å². The van der Waals surface area contributed by atoms with E-state index in [9.17, 15) is 14.9 Å². The van der Waals surface area contributed by atoms with Gasteiger partial charge in [-0.25, -0.2) is 0 Å². The number of amides is 1. The van der Waals surface area contributed by atoms with E-state index in [0.717, 1.165) is 23.7 Å². The number of hydrogen-bond donors (Lipinski definition) is 1. The number of thioether (sulfide) groups is 1. The number of nitrogens with zero attached hydrogens (tertiary/aromatic N) is 1. The van der Waals surface area contributed by atoms with Crippen LogP contribution in [0.15, 0.2) is 34.9 Å². The number of carbonyl (C=O) groups is 2. The number of aryl methyl sites for hydroxylation is 1. The van der Waals surface area contributed by atoms with E-state index in [1.807, 2.05) is 24.3 Å². The van der Waals surface area contributed by atoms with Gasteiger partial charge in [0.05, 0.1) is 28.5 Å². The van der Waals surface area contributed by atoms with Crippen LogP contribution in [-0.4, -0.2) is 23.7 Å². The molecule has 1 atom stereocenters. The third-order valence-electron chi connectivity index (χ3n) is 3.85. The molecule has 2 rings (SSSR count). The van der Waals surface area contributed by atoms with Gasteiger partial charge in [0.25, 0.3) is 0 Å². The normalized spacial score (nSPS) is 17.2. The van der Waals surface area contributed by atoms with E-state index < -0.39 is 0 Å². The van der Waals surface area contributed by atoms with Gasteiger partial charge in [0.15, 0.2) is 0 Å². The summed E-state index contributed by atoms with van der Waals surface area (Å²) >= 11 is 1.14. The van der Waals surface area contributed by atoms with Gasteiger partial charge in [-0.15, -0.1) is 0 Å². The zero-order chi connectivity index (χ0) is 18.4. The molecule has 0 fully saturated rings. The minimum Gasteiger partial charge on any atom is -0.462 e. The summed E-state index contributed by atoms with van der Waals surface area (Å²) in [4.78, 5) is 23.8. The van der Waals surface area contributed by atoms with Crippen LogP contribution in [0.5, 0.6) is 0 Å². The average Bonchev–Trinajstić information content (AvgIpc) is 2.59. The molecule has 6 heteroatoms. The van der Waals surface area contributed by atoms with Crippen molar-refractivity contribution in [1.82, 2.24) is 5.32 Å². The fourth-order valence-electron chi connectivity index (χ4n) is 2.63. The van der Waals surface area contributed by atoms with Crippen LogP contribution in [0.2, 0.25) is 0 Å². The fourth-order valence-corrected chi connectivity index (χ4v) is 3.49. The van der Waals surface area contributed by atoms with E-state index in [4.69, 9.17) is 4.74 Å². The van der Waals surface area contributed by atoms with Gasteiger partial charge < -0.3 is 10.1 Å². The van der Waals surface area contributed by atoms with Crippen LogP contribution in [0, 0.1) is 11.3 Å². The van der Waals surface area contributed by atoms with Crippen molar-refractivity contribution in [2.24, 2.45) is 0 Å². The first kappa shape index (κ1) is 19.1. The van der Waals surface area contributed by atoms with E-state index in [-0.39, 0.29) is 36.1 Å². The Labute approximate surface area is 152 Å². The maximum absolute atomic E-state index is 12.1. The van der Waals surface area contributed by atoms with E-state index in [0.29, 0.717) is 10.6 Å². The molecule has 1 aliphatic rings. The van der Waals surface area contributed by atoms with Crippen LogP contribution >= 0.6 is 11.8 Å². The molecule has 0 saturated carbocycles. The van der Waals surface area contributed by atoms with Crippen molar-refractivity contribution in [3.8, 4) is 6.07 Å². The summed E-state index contributed by atoms with van der Waals surface area (Å²) in [6, 6.07) is 10.2. The number of carbonyl (C=O) groups excluding carboxylic acids is 2. The van der Waals surface area contributed by atoms with Gasteiger partial charge >= 0.3 is 5.97 Å². The molecule has 1 amide bonds. The van der Waals surface area contributed by atoms with Crippen molar-refractivity contribution in [3.63, 3.8) is 0 Å². The maximum Gasteiger partial charge on any atom is 0.316 e. The minimum atomic E-state index is -0.367. The lowest BCUT2D eigenvalue weighted by Gasteiger charge is -2.25. The molecule has 0 saturated heterocycles. The number of nitrogens with one attached hydrogen (secondary N) is 1. The Morgan fingerprint density at radius 1 is 1.40 bits per heavy atom. The molecule has 1 aromatic carbocycles. The van der Waals surface area contributed by atoms with Gasteiger partial charge in [0.2, 0.25) is 5.91 Å². The van der Waals surface area contributed by atoms with Crippen molar-refractivity contribution >= 4 is 23.6 Å². The number of allylic oxidation sites excluding steroid dienone is 1. The van der Waals surface area contributed by atoms with Gasteiger partial charge in [0.1, 0.15) is 0 Å². The summed E-state index contributed by atoms with van der Waals surface area (Å²) < 4.78 is 5.10. The van der Waals surface area contributed by atoms with Gasteiger partial charge in [-0.2, -0.15) is 5.26 Å². The SMILES string of the molecule is CCc1ccc([C@@H]2CC(=O)NC(SCC(=O)OC(C)C)=C2C#N)cc1. The number of nitriles is 1. The van der Waals surface area contributed by atoms with Crippen molar-refractivity contribution in [2.45, 2.75) is 45.6 Å². The Kier molecular flexibility index (Phi) is 6.65. The number of rotatable bonds is 6. The van der Waals surface area contributed by atoms with Gasteiger partial charge in [-0.05, 0) is 31.4 Å². The Morgan fingerprint density at radius 2 is 2.08 bits per heavy atom. The first-order chi connectivity index (χ1) is 11.9. The summed E-state index contributed by atoms with van der Waals surface area (Å²) in [7, 11) is 0. The fraction of sp³-hybridized carbons (Fsp3) is 0.421. The monoisotopic (exact) mass is 358 g/mol. The lowest BCUT2D eigenvalue weighted by atomic mass is 9.86. The molecule has 0 bridgehead atoms. The van der Waals surface area contributed by atoms with Gasteiger partial charge in [-0.3, -0.25) is 9.59 Å². The molecule has 1 heterocycles. The molecule has 0 aliphatic carbocycles. The topological polar surface area (TPSA) is 79.2 Å². The lowest BCUT2D eigenvalue weighted by molar-refractivity contribution is -0.144. The summed E-state index contributed by atoms with van der Waals surface area (Å²) in [5.74, 6) is -0.745. The quantitative estimate of drug-likeness (QED) is 0.790. The van der Waals surface area contributed by atoms with Crippen molar-refractivity contribution in [2.75, 3.05) is 5.75 Å². The highest BCUT2D eigenvalue weighted by atomic mass is 32.2. The van der Waals surface area contributed by atoms with Crippen LogP contribution in [0.4, 0.5) is 0 Å².